The Kier molecular flexibility index (Phi) is 5.86. The summed E-state index contributed by atoms with van der Waals surface area (Å²) in [5, 5.41) is 19.9. The highest BCUT2D eigenvalue weighted by Crippen LogP contribution is 2.39. The van der Waals surface area contributed by atoms with Crippen LogP contribution in [0.4, 0.5) is 0 Å². The highest BCUT2D eigenvalue weighted by atomic mass is 32.2. The van der Waals surface area contributed by atoms with E-state index in [-0.39, 0.29) is 17.7 Å². The molecule has 0 amide bonds. The zero-order valence-electron chi connectivity index (χ0n) is 14.5. The molecule has 4 atom stereocenters. The van der Waals surface area contributed by atoms with Gasteiger partial charge in [-0.1, -0.05) is 18.6 Å². The SMILES string of the molecule is CS(=O)(=O)c1ccc(C[C@H](N)[C@@H](O)C(=O)C2(C(=O)O)CCCC2N)cc1. The molecule has 0 saturated heterocycles. The van der Waals surface area contributed by atoms with Gasteiger partial charge in [0.1, 0.15) is 11.5 Å². The monoisotopic (exact) mass is 384 g/mol. The molecule has 1 saturated carbocycles. The van der Waals surface area contributed by atoms with Gasteiger partial charge in [-0.25, -0.2) is 8.42 Å². The van der Waals surface area contributed by atoms with E-state index in [1.165, 1.54) is 12.1 Å². The van der Waals surface area contributed by atoms with Gasteiger partial charge in [-0.15, -0.1) is 0 Å². The number of carbonyl (C=O) groups is 2. The van der Waals surface area contributed by atoms with Gasteiger partial charge in [0.15, 0.2) is 15.6 Å². The van der Waals surface area contributed by atoms with Crippen LogP contribution < -0.4 is 11.5 Å². The van der Waals surface area contributed by atoms with Crippen molar-refractivity contribution in [3.63, 3.8) is 0 Å². The van der Waals surface area contributed by atoms with Gasteiger partial charge >= 0.3 is 5.97 Å². The molecule has 2 rings (SSSR count). The lowest BCUT2D eigenvalue weighted by molar-refractivity contribution is -0.159. The smallest absolute Gasteiger partial charge is 0.318 e. The molecule has 26 heavy (non-hydrogen) atoms. The third-order valence-corrected chi connectivity index (χ3v) is 6.17. The van der Waals surface area contributed by atoms with E-state index >= 15 is 0 Å². The number of aliphatic hydroxyl groups is 1. The molecule has 1 aromatic rings. The summed E-state index contributed by atoms with van der Waals surface area (Å²) in [6.07, 6.45) is 0.467. The van der Waals surface area contributed by atoms with Crippen LogP contribution in [0.15, 0.2) is 29.2 Å². The van der Waals surface area contributed by atoms with E-state index < -0.39 is 45.2 Å². The molecule has 0 aliphatic heterocycles. The number of aliphatic carboxylic acids is 1. The predicted molar refractivity (Wildman–Crippen MR) is 94.1 cm³/mol. The summed E-state index contributed by atoms with van der Waals surface area (Å²) in [4.78, 5) is 24.5. The summed E-state index contributed by atoms with van der Waals surface area (Å²) in [5.41, 5.74) is 10.6. The molecule has 9 heteroatoms. The van der Waals surface area contributed by atoms with Crippen LogP contribution in [0.25, 0.3) is 0 Å². The van der Waals surface area contributed by atoms with E-state index in [2.05, 4.69) is 0 Å². The van der Waals surface area contributed by atoms with Gasteiger partial charge in [0.05, 0.1) is 4.90 Å². The quantitative estimate of drug-likeness (QED) is 0.456. The Morgan fingerprint density at radius 3 is 2.31 bits per heavy atom. The maximum Gasteiger partial charge on any atom is 0.318 e. The number of rotatable bonds is 7. The van der Waals surface area contributed by atoms with Crippen LogP contribution in [-0.4, -0.2) is 54.8 Å². The first-order valence-corrected chi connectivity index (χ1v) is 10.1. The van der Waals surface area contributed by atoms with Crippen LogP contribution in [0, 0.1) is 5.41 Å². The topological polar surface area (TPSA) is 161 Å². The van der Waals surface area contributed by atoms with Crippen LogP contribution in [-0.2, 0) is 25.8 Å². The first-order chi connectivity index (χ1) is 12.0. The highest BCUT2D eigenvalue weighted by molar-refractivity contribution is 7.90. The van der Waals surface area contributed by atoms with Gasteiger partial charge in [-0.05, 0) is 37.0 Å². The second-order valence-corrected chi connectivity index (χ2v) is 8.88. The predicted octanol–water partition coefficient (Wildman–Crippen LogP) is -0.528. The molecule has 1 aromatic carbocycles. The van der Waals surface area contributed by atoms with Crippen LogP contribution in [0.5, 0.6) is 0 Å². The molecular formula is C17H24N2O6S. The Morgan fingerprint density at radius 2 is 1.88 bits per heavy atom. The van der Waals surface area contributed by atoms with Gasteiger partial charge in [0.25, 0.3) is 0 Å². The largest absolute Gasteiger partial charge is 0.480 e. The molecule has 6 N–H and O–H groups in total. The minimum Gasteiger partial charge on any atom is -0.480 e. The molecular weight excluding hydrogens is 360 g/mol. The average molecular weight is 384 g/mol. The summed E-state index contributed by atoms with van der Waals surface area (Å²) in [5.74, 6) is -2.20. The summed E-state index contributed by atoms with van der Waals surface area (Å²) < 4.78 is 22.9. The fourth-order valence-electron chi connectivity index (χ4n) is 3.42. The maximum absolute atomic E-state index is 12.7. The van der Waals surface area contributed by atoms with Gasteiger partial charge in [-0.3, -0.25) is 9.59 Å². The zero-order chi connectivity index (χ0) is 19.7. The van der Waals surface area contributed by atoms with Crippen molar-refractivity contribution in [3.05, 3.63) is 29.8 Å². The number of hydrogen-bond donors (Lipinski definition) is 4. The normalized spacial score (nSPS) is 25.6. The lowest BCUT2D eigenvalue weighted by Crippen LogP contribution is -2.57. The molecule has 144 valence electrons. The maximum atomic E-state index is 12.7. The fourth-order valence-corrected chi connectivity index (χ4v) is 4.05. The molecule has 0 bridgehead atoms. The van der Waals surface area contributed by atoms with Crippen molar-refractivity contribution in [2.45, 2.75) is 48.8 Å². The van der Waals surface area contributed by atoms with Crippen molar-refractivity contribution in [2.24, 2.45) is 16.9 Å². The Morgan fingerprint density at radius 1 is 1.31 bits per heavy atom. The number of carboxylic acids is 1. The molecule has 1 aliphatic rings. The lowest BCUT2D eigenvalue weighted by atomic mass is 9.75. The molecule has 8 nitrogen and oxygen atoms in total. The number of carbonyl (C=O) groups excluding carboxylic acids is 1. The number of benzene rings is 1. The van der Waals surface area contributed by atoms with E-state index in [4.69, 9.17) is 11.5 Å². The van der Waals surface area contributed by atoms with E-state index in [0.29, 0.717) is 18.4 Å². The fraction of sp³-hybridized carbons (Fsp3) is 0.529. The Bertz CT molecular complexity index is 792. The number of sulfone groups is 1. The minimum absolute atomic E-state index is 0.0785. The second-order valence-electron chi connectivity index (χ2n) is 6.87. The van der Waals surface area contributed by atoms with Crippen molar-refractivity contribution < 1.29 is 28.2 Å². The second kappa shape index (κ2) is 7.43. The third-order valence-electron chi connectivity index (χ3n) is 5.04. The summed E-state index contributed by atoms with van der Waals surface area (Å²) >= 11 is 0. The number of Topliss-reactive ketones (excluding diaryl/α,β-unsaturated/α-hetero) is 1. The van der Waals surface area contributed by atoms with Crippen molar-refractivity contribution in [3.8, 4) is 0 Å². The molecule has 0 heterocycles. The molecule has 0 radical (unpaired) electrons. The van der Waals surface area contributed by atoms with E-state index in [9.17, 15) is 28.2 Å². The molecule has 0 aromatic heterocycles. The van der Waals surface area contributed by atoms with E-state index in [1.807, 2.05) is 0 Å². The molecule has 0 spiro atoms. The molecule has 1 aliphatic carbocycles. The average Bonchev–Trinajstić information content (AvgIpc) is 2.95. The summed E-state index contributed by atoms with van der Waals surface area (Å²) in [6.45, 7) is 0. The van der Waals surface area contributed by atoms with Crippen molar-refractivity contribution >= 4 is 21.6 Å². The number of aliphatic hydroxyl groups excluding tert-OH is 1. The third kappa shape index (κ3) is 3.80. The first-order valence-electron chi connectivity index (χ1n) is 8.26. The number of nitrogens with two attached hydrogens (primary N) is 2. The van der Waals surface area contributed by atoms with E-state index in [0.717, 1.165) is 6.26 Å². The number of ketones is 1. The summed E-state index contributed by atoms with van der Waals surface area (Å²) in [7, 11) is -3.33. The van der Waals surface area contributed by atoms with Crippen LogP contribution in [0.1, 0.15) is 24.8 Å². The van der Waals surface area contributed by atoms with Gasteiger partial charge in [-0.2, -0.15) is 0 Å². The Balaban J connectivity index is 2.15. The van der Waals surface area contributed by atoms with Crippen molar-refractivity contribution in [1.29, 1.82) is 0 Å². The van der Waals surface area contributed by atoms with Gasteiger partial charge in [0, 0.05) is 18.3 Å². The Hall–Kier alpha value is -1.81. The van der Waals surface area contributed by atoms with E-state index in [1.54, 1.807) is 12.1 Å². The number of hydrogen-bond acceptors (Lipinski definition) is 7. The zero-order valence-corrected chi connectivity index (χ0v) is 15.3. The highest BCUT2D eigenvalue weighted by Gasteiger charge is 2.55. The molecule has 2 unspecified atom stereocenters. The number of carboxylic acid groups (broad SMARTS) is 1. The van der Waals surface area contributed by atoms with Crippen LogP contribution in [0.2, 0.25) is 0 Å². The van der Waals surface area contributed by atoms with Gasteiger partial charge in [0.2, 0.25) is 0 Å². The first kappa shape index (κ1) is 20.5. The van der Waals surface area contributed by atoms with Crippen LogP contribution >= 0.6 is 0 Å². The van der Waals surface area contributed by atoms with Crippen molar-refractivity contribution in [1.82, 2.24) is 0 Å². The lowest BCUT2D eigenvalue weighted by Gasteiger charge is -2.31. The van der Waals surface area contributed by atoms with Crippen LogP contribution in [0.3, 0.4) is 0 Å². The summed E-state index contributed by atoms with van der Waals surface area (Å²) in [6, 6.07) is 4.02. The Labute approximate surface area is 152 Å². The van der Waals surface area contributed by atoms with Crippen molar-refractivity contribution in [2.75, 3.05) is 6.26 Å². The van der Waals surface area contributed by atoms with Gasteiger partial charge < -0.3 is 21.7 Å². The minimum atomic E-state index is -3.33. The standard InChI is InChI=1S/C17H24N2O6S/c1-26(24,25)11-6-4-10(5-7-11)9-12(18)14(20)15(21)17(16(22)23)8-2-3-13(17)19/h4-7,12-14,20H,2-3,8-9,18-19H2,1H3,(H,22,23)/t12-,13?,14+,17?/m0/s1. The molecule has 1 fully saturated rings.